The first-order valence-corrected chi connectivity index (χ1v) is 6.46. The number of alkyl halides is 3. The molecule has 1 amide bonds. The lowest BCUT2D eigenvalue weighted by atomic mass is 10.1. The highest BCUT2D eigenvalue weighted by Crippen LogP contribution is 2.22. The lowest BCUT2D eigenvalue weighted by Crippen LogP contribution is -2.36. The molecule has 1 atom stereocenters. The second-order valence-electron chi connectivity index (χ2n) is 3.79. The number of halogens is 3. The van der Waals surface area contributed by atoms with Crippen LogP contribution in [0.3, 0.4) is 0 Å². The fraction of sp³-hybridized carbons (Fsp3) is 0.417. The van der Waals surface area contributed by atoms with E-state index in [1.807, 2.05) is 6.92 Å². The third-order valence-corrected chi connectivity index (χ3v) is 3.48. The molecule has 18 heavy (non-hydrogen) atoms. The number of para-hydroxylation sites is 1. The average Bonchev–Trinajstić information content (AvgIpc) is 2.36. The van der Waals surface area contributed by atoms with Gasteiger partial charge in [0.05, 0.1) is 5.56 Å². The van der Waals surface area contributed by atoms with Crippen molar-refractivity contribution in [2.75, 3.05) is 12.4 Å². The van der Waals surface area contributed by atoms with Gasteiger partial charge >= 0.3 is 6.61 Å². The van der Waals surface area contributed by atoms with E-state index < -0.39 is 6.61 Å². The Kier molecular flexibility index (Phi) is 5.53. The summed E-state index contributed by atoms with van der Waals surface area (Å²) in [4.78, 5) is 13.6. The molecule has 1 unspecified atom stereocenters. The largest absolute Gasteiger partial charge is 0.434 e. The molecule has 0 aliphatic carbocycles. The van der Waals surface area contributed by atoms with Crippen molar-refractivity contribution in [3.05, 3.63) is 29.8 Å². The number of rotatable bonds is 5. The number of carbonyl (C=O) groups is 1. The first kappa shape index (κ1) is 14.9. The molecule has 100 valence electrons. The van der Waals surface area contributed by atoms with E-state index in [-0.39, 0.29) is 23.3 Å². The van der Waals surface area contributed by atoms with Crippen LogP contribution < -0.4 is 4.74 Å². The van der Waals surface area contributed by atoms with Crippen LogP contribution in [0.25, 0.3) is 0 Å². The van der Waals surface area contributed by atoms with Crippen LogP contribution in [0, 0.1) is 0 Å². The molecule has 0 saturated heterocycles. The van der Waals surface area contributed by atoms with Gasteiger partial charge < -0.3 is 9.64 Å². The number of benzene rings is 1. The van der Waals surface area contributed by atoms with Gasteiger partial charge in [-0.2, -0.15) is 8.78 Å². The van der Waals surface area contributed by atoms with Gasteiger partial charge in [0.15, 0.2) is 0 Å². The lowest BCUT2D eigenvalue weighted by Gasteiger charge is -2.24. The maximum atomic E-state index is 12.2. The van der Waals surface area contributed by atoms with Crippen molar-refractivity contribution in [1.82, 2.24) is 4.90 Å². The fourth-order valence-electron chi connectivity index (χ4n) is 1.34. The van der Waals surface area contributed by atoms with E-state index in [2.05, 4.69) is 20.7 Å². The minimum Gasteiger partial charge on any atom is -0.434 e. The van der Waals surface area contributed by atoms with Crippen molar-refractivity contribution in [3.63, 3.8) is 0 Å². The van der Waals surface area contributed by atoms with Gasteiger partial charge in [-0.1, -0.05) is 28.1 Å². The molecule has 0 aromatic heterocycles. The summed E-state index contributed by atoms with van der Waals surface area (Å²) in [6, 6.07) is 5.93. The van der Waals surface area contributed by atoms with Crippen molar-refractivity contribution in [1.29, 1.82) is 0 Å². The Morgan fingerprint density at radius 2 is 2.06 bits per heavy atom. The molecule has 0 saturated carbocycles. The van der Waals surface area contributed by atoms with E-state index >= 15 is 0 Å². The maximum absolute atomic E-state index is 12.2. The summed E-state index contributed by atoms with van der Waals surface area (Å²) >= 11 is 3.27. The molecule has 1 rings (SSSR count). The van der Waals surface area contributed by atoms with Gasteiger partial charge in [0.2, 0.25) is 0 Å². The standard InChI is InChI=1S/C12H14BrF2NO2/c1-8(7-13)16(2)11(17)9-5-3-4-6-10(9)18-12(14)15/h3-6,8,12H,7H2,1-2H3. The van der Waals surface area contributed by atoms with Crippen LogP contribution in [0.1, 0.15) is 17.3 Å². The first-order chi connectivity index (χ1) is 8.47. The number of hydrogen-bond acceptors (Lipinski definition) is 2. The number of hydrogen-bond donors (Lipinski definition) is 0. The summed E-state index contributed by atoms with van der Waals surface area (Å²) in [6.45, 7) is -1.10. The van der Waals surface area contributed by atoms with Gasteiger partial charge in [-0.15, -0.1) is 0 Å². The molecule has 6 heteroatoms. The smallest absolute Gasteiger partial charge is 0.387 e. The third-order valence-electron chi connectivity index (χ3n) is 2.54. The Morgan fingerprint density at radius 1 is 1.44 bits per heavy atom. The predicted molar refractivity (Wildman–Crippen MR) is 68.4 cm³/mol. The van der Waals surface area contributed by atoms with Crippen LogP contribution in [-0.2, 0) is 0 Å². The van der Waals surface area contributed by atoms with E-state index in [1.165, 1.54) is 17.0 Å². The van der Waals surface area contributed by atoms with Gasteiger partial charge in [0.1, 0.15) is 5.75 Å². The predicted octanol–water partition coefficient (Wildman–Crippen LogP) is 3.14. The molecule has 0 aliphatic rings. The van der Waals surface area contributed by atoms with E-state index in [1.54, 1.807) is 19.2 Å². The zero-order chi connectivity index (χ0) is 13.7. The van der Waals surface area contributed by atoms with Crippen molar-refractivity contribution < 1.29 is 18.3 Å². The maximum Gasteiger partial charge on any atom is 0.387 e. The second-order valence-corrected chi connectivity index (χ2v) is 4.44. The van der Waals surface area contributed by atoms with Gasteiger partial charge in [0, 0.05) is 18.4 Å². The lowest BCUT2D eigenvalue weighted by molar-refractivity contribution is -0.0502. The minimum atomic E-state index is -2.95. The third kappa shape index (κ3) is 3.66. The van der Waals surface area contributed by atoms with Crippen molar-refractivity contribution in [2.45, 2.75) is 19.6 Å². The quantitative estimate of drug-likeness (QED) is 0.780. The van der Waals surface area contributed by atoms with E-state index in [0.29, 0.717) is 5.33 Å². The highest BCUT2D eigenvalue weighted by atomic mass is 79.9. The normalized spacial score (nSPS) is 12.3. The zero-order valence-electron chi connectivity index (χ0n) is 10.1. The molecule has 1 aromatic carbocycles. The average molecular weight is 322 g/mol. The van der Waals surface area contributed by atoms with Gasteiger partial charge in [-0.3, -0.25) is 4.79 Å². The summed E-state index contributed by atoms with van der Waals surface area (Å²) < 4.78 is 28.8. The second kappa shape index (κ2) is 6.68. The number of amides is 1. The van der Waals surface area contributed by atoms with Crippen molar-refractivity contribution >= 4 is 21.8 Å². The molecule has 0 fully saturated rings. The Labute approximate surface area is 113 Å². The van der Waals surface area contributed by atoms with Crippen LogP contribution in [0.5, 0.6) is 5.75 Å². The van der Waals surface area contributed by atoms with Crippen LogP contribution >= 0.6 is 15.9 Å². The summed E-state index contributed by atoms with van der Waals surface area (Å²) in [6.07, 6.45) is 0. The molecule has 0 N–H and O–H groups in total. The molecular formula is C12H14BrF2NO2. The zero-order valence-corrected chi connectivity index (χ0v) is 11.7. The summed E-state index contributed by atoms with van der Waals surface area (Å²) in [7, 11) is 1.62. The molecule has 0 bridgehead atoms. The highest BCUT2D eigenvalue weighted by molar-refractivity contribution is 9.09. The molecule has 0 radical (unpaired) electrons. The molecule has 0 heterocycles. The Balaban J connectivity index is 2.98. The van der Waals surface area contributed by atoms with E-state index in [0.717, 1.165) is 0 Å². The summed E-state index contributed by atoms with van der Waals surface area (Å²) in [5.41, 5.74) is 0.133. The molecule has 3 nitrogen and oxygen atoms in total. The summed E-state index contributed by atoms with van der Waals surface area (Å²) in [5, 5.41) is 0.604. The first-order valence-electron chi connectivity index (χ1n) is 5.34. The Bertz CT molecular complexity index is 415. The SMILES string of the molecule is CC(CBr)N(C)C(=O)c1ccccc1OC(F)F. The highest BCUT2D eigenvalue weighted by Gasteiger charge is 2.21. The van der Waals surface area contributed by atoms with Gasteiger partial charge in [-0.05, 0) is 19.1 Å². The topological polar surface area (TPSA) is 29.5 Å². The van der Waals surface area contributed by atoms with Gasteiger partial charge in [0.25, 0.3) is 5.91 Å². The fourth-order valence-corrected chi connectivity index (χ4v) is 1.77. The number of ether oxygens (including phenoxy) is 1. The Hall–Kier alpha value is -1.17. The van der Waals surface area contributed by atoms with Gasteiger partial charge in [-0.25, -0.2) is 0 Å². The molecular weight excluding hydrogens is 308 g/mol. The van der Waals surface area contributed by atoms with Crippen molar-refractivity contribution in [3.8, 4) is 5.75 Å². The number of carbonyl (C=O) groups excluding carboxylic acids is 1. The van der Waals surface area contributed by atoms with Crippen LogP contribution in [0.2, 0.25) is 0 Å². The molecule has 0 aliphatic heterocycles. The van der Waals surface area contributed by atoms with Crippen LogP contribution in [0.15, 0.2) is 24.3 Å². The monoisotopic (exact) mass is 321 g/mol. The van der Waals surface area contributed by atoms with Crippen LogP contribution in [0.4, 0.5) is 8.78 Å². The minimum absolute atomic E-state index is 0.0443. The molecule has 0 spiro atoms. The van der Waals surface area contributed by atoms with Crippen LogP contribution in [-0.4, -0.2) is 35.8 Å². The summed E-state index contributed by atoms with van der Waals surface area (Å²) in [5.74, 6) is -0.454. The molecule has 1 aromatic rings. The van der Waals surface area contributed by atoms with E-state index in [4.69, 9.17) is 0 Å². The Morgan fingerprint density at radius 3 is 2.61 bits per heavy atom. The van der Waals surface area contributed by atoms with Crippen molar-refractivity contribution in [2.24, 2.45) is 0 Å². The number of nitrogens with zero attached hydrogens (tertiary/aromatic N) is 1. The van der Waals surface area contributed by atoms with E-state index in [9.17, 15) is 13.6 Å².